The van der Waals surface area contributed by atoms with E-state index < -0.39 is 0 Å². The summed E-state index contributed by atoms with van der Waals surface area (Å²) in [5.74, 6) is 0.885. The van der Waals surface area contributed by atoms with Gasteiger partial charge in [0.05, 0.1) is 0 Å². The van der Waals surface area contributed by atoms with E-state index in [0.29, 0.717) is 0 Å². The molecule has 0 amide bonds. The average molecular weight is 212 g/mol. The van der Waals surface area contributed by atoms with E-state index in [0.717, 1.165) is 18.5 Å². The first-order valence-electron chi connectivity index (χ1n) is 6.73. The van der Waals surface area contributed by atoms with Crippen LogP contribution in [0.4, 0.5) is 0 Å². The van der Waals surface area contributed by atoms with Gasteiger partial charge in [0.25, 0.3) is 0 Å². The van der Waals surface area contributed by atoms with E-state index >= 15 is 0 Å². The highest BCUT2D eigenvalue weighted by molar-refractivity contribution is 4.78. The lowest BCUT2D eigenvalue weighted by Crippen LogP contribution is -2.41. The predicted octanol–water partition coefficient (Wildman–Crippen LogP) is 2.50. The summed E-state index contributed by atoms with van der Waals surface area (Å²) in [6, 6.07) is 0.786. The molecule has 0 aliphatic heterocycles. The van der Waals surface area contributed by atoms with Crippen molar-refractivity contribution < 1.29 is 0 Å². The van der Waals surface area contributed by atoms with Crippen molar-refractivity contribution in [1.29, 1.82) is 0 Å². The number of hydrogen-bond donors (Lipinski definition) is 1. The van der Waals surface area contributed by atoms with E-state index in [1.54, 1.807) is 0 Å². The molecular weight excluding hydrogens is 184 g/mol. The zero-order valence-electron chi connectivity index (χ0n) is 10.8. The Bertz CT molecular complexity index is 155. The van der Waals surface area contributed by atoms with Crippen molar-refractivity contribution in [2.45, 2.75) is 52.5 Å². The Morgan fingerprint density at radius 2 is 1.80 bits per heavy atom. The zero-order chi connectivity index (χ0) is 11.1. The van der Waals surface area contributed by atoms with Gasteiger partial charge in [-0.25, -0.2) is 0 Å². The number of rotatable bonds is 6. The van der Waals surface area contributed by atoms with Gasteiger partial charge in [0.2, 0.25) is 0 Å². The van der Waals surface area contributed by atoms with Crippen LogP contribution < -0.4 is 5.32 Å². The van der Waals surface area contributed by atoms with Crippen LogP contribution in [0.2, 0.25) is 0 Å². The minimum absolute atomic E-state index is 0.786. The topological polar surface area (TPSA) is 15.3 Å². The molecule has 0 saturated heterocycles. The molecule has 0 aromatic rings. The van der Waals surface area contributed by atoms with Gasteiger partial charge in [-0.1, -0.05) is 33.6 Å². The third-order valence-electron chi connectivity index (χ3n) is 3.84. The molecule has 0 radical (unpaired) electrons. The molecule has 15 heavy (non-hydrogen) atoms. The third kappa shape index (κ3) is 4.52. The Morgan fingerprint density at radius 1 is 1.13 bits per heavy atom. The van der Waals surface area contributed by atoms with Gasteiger partial charge in [-0.3, -0.25) is 0 Å². The van der Waals surface area contributed by atoms with E-state index in [-0.39, 0.29) is 0 Å². The first-order valence-corrected chi connectivity index (χ1v) is 6.73. The molecule has 0 aromatic carbocycles. The van der Waals surface area contributed by atoms with Crippen molar-refractivity contribution in [3.8, 4) is 0 Å². The molecule has 1 aliphatic carbocycles. The Balaban J connectivity index is 2.12. The molecule has 0 spiro atoms. The Hall–Kier alpha value is -0.0800. The monoisotopic (exact) mass is 212 g/mol. The highest BCUT2D eigenvalue weighted by Gasteiger charge is 2.20. The molecule has 1 rings (SSSR count). The maximum absolute atomic E-state index is 3.73. The molecular formula is C13H28N2. The Labute approximate surface area is 95.4 Å². The quantitative estimate of drug-likeness (QED) is 0.728. The van der Waals surface area contributed by atoms with Crippen LogP contribution in [0.25, 0.3) is 0 Å². The summed E-state index contributed by atoms with van der Waals surface area (Å²) in [5.41, 5.74) is 0. The molecule has 0 bridgehead atoms. The van der Waals surface area contributed by atoms with Crippen molar-refractivity contribution >= 4 is 0 Å². The van der Waals surface area contributed by atoms with E-state index in [1.807, 2.05) is 0 Å². The van der Waals surface area contributed by atoms with Crippen LogP contribution in [-0.4, -0.2) is 37.1 Å². The van der Waals surface area contributed by atoms with Crippen LogP contribution in [0.1, 0.15) is 46.5 Å². The van der Waals surface area contributed by atoms with Gasteiger partial charge in [0.15, 0.2) is 0 Å². The third-order valence-corrected chi connectivity index (χ3v) is 3.84. The van der Waals surface area contributed by atoms with E-state index in [9.17, 15) is 0 Å². The summed E-state index contributed by atoms with van der Waals surface area (Å²) >= 11 is 0. The van der Waals surface area contributed by atoms with Gasteiger partial charge < -0.3 is 10.2 Å². The molecule has 2 heteroatoms. The average Bonchev–Trinajstić information content (AvgIpc) is 2.27. The second-order valence-electron chi connectivity index (χ2n) is 4.85. The van der Waals surface area contributed by atoms with Crippen molar-refractivity contribution in [1.82, 2.24) is 10.2 Å². The second-order valence-corrected chi connectivity index (χ2v) is 4.85. The molecule has 90 valence electrons. The molecule has 0 unspecified atom stereocenters. The Morgan fingerprint density at radius 3 is 2.40 bits per heavy atom. The van der Waals surface area contributed by atoms with Gasteiger partial charge in [-0.15, -0.1) is 0 Å². The van der Waals surface area contributed by atoms with Gasteiger partial charge in [-0.05, 0) is 31.8 Å². The minimum Gasteiger partial charge on any atom is -0.312 e. The van der Waals surface area contributed by atoms with Crippen LogP contribution in [-0.2, 0) is 0 Å². The molecule has 1 N–H and O–H groups in total. The fraction of sp³-hybridized carbons (Fsp3) is 1.00. The Kier molecular flexibility index (Phi) is 6.26. The van der Waals surface area contributed by atoms with E-state index in [2.05, 4.69) is 31.0 Å². The van der Waals surface area contributed by atoms with Crippen LogP contribution >= 0.6 is 0 Å². The summed E-state index contributed by atoms with van der Waals surface area (Å²) in [6.07, 6.45) is 5.67. The van der Waals surface area contributed by atoms with Crippen molar-refractivity contribution in [3.05, 3.63) is 0 Å². The van der Waals surface area contributed by atoms with Gasteiger partial charge >= 0.3 is 0 Å². The zero-order valence-corrected chi connectivity index (χ0v) is 10.8. The lowest BCUT2D eigenvalue weighted by Gasteiger charge is -2.30. The molecule has 0 aromatic heterocycles. The van der Waals surface area contributed by atoms with Gasteiger partial charge in [0, 0.05) is 19.1 Å². The maximum atomic E-state index is 3.73. The standard InChI is InChI=1S/C13H28N2/c1-4-15(5-2)11-10-14-13-9-7-6-8-12(13)3/h12-14H,4-11H2,1-3H3/t12-,13+/m0/s1. The highest BCUT2D eigenvalue weighted by atomic mass is 15.1. The lowest BCUT2D eigenvalue weighted by atomic mass is 9.86. The number of likely N-dealkylation sites (N-methyl/N-ethyl adjacent to an activating group) is 1. The smallest absolute Gasteiger partial charge is 0.0107 e. The van der Waals surface area contributed by atoms with Crippen LogP contribution in [0.3, 0.4) is 0 Å². The first-order chi connectivity index (χ1) is 7.27. The summed E-state index contributed by atoms with van der Waals surface area (Å²) < 4.78 is 0. The van der Waals surface area contributed by atoms with Crippen LogP contribution in [0.15, 0.2) is 0 Å². The molecule has 1 aliphatic rings. The summed E-state index contributed by atoms with van der Waals surface area (Å²) in [4.78, 5) is 2.49. The van der Waals surface area contributed by atoms with Crippen LogP contribution in [0, 0.1) is 5.92 Å². The summed E-state index contributed by atoms with van der Waals surface area (Å²) in [5, 5.41) is 3.73. The van der Waals surface area contributed by atoms with Crippen molar-refractivity contribution in [2.75, 3.05) is 26.2 Å². The van der Waals surface area contributed by atoms with Crippen molar-refractivity contribution in [2.24, 2.45) is 5.92 Å². The molecule has 2 atom stereocenters. The van der Waals surface area contributed by atoms with E-state index in [4.69, 9.17) is 0 Å². The summed E-state index contributed by atoms with van der Waals surface area (Å²) in [6.45, 7) is 11.6. The molecule has 1 saturated carbocycles. The van der Waals surface area contributed by atoms with Crippen LogP contribution in [0.5, 0.6) is 0 Å². The molecule has 2 nitrogen and oxygen atoms in total. The lowest BCUT2D eigenvalue weighted by molar-refractivity contribution is 0.252. The normalized spacial score (nSPS) is 27.2. The second kappa shape index (κ2) is 7.24. The summed E-state index contributed by atoms with van der Waals surface area (Å²) in [7, 11) is 0. The molecule has 0 heterocycles. The van der Waals surface area contributed by atoms with E-state index in [1.165, 1.54) is 45.3 Å². The fourth-order valence-electron chi connectivity index (χ4n) is 2.57. The van der Waals surface area contributed by atoms with Crippen molar-refractivity contribution in [3.63, 3.8) is 0 Å². The largest absolute Gasteiger partial charge is 0.312 e. The number of nitrogens with one attached hydrogen (secondary N) is 1. The highest BCUT2D eigenvalue weighted by Crippen LogP contribution is 2.23. The number of hydrogen-bond acceptors (Lipinski definition) is 2. The molecule has 1 fully saturated rings. The maximum Gasteiger partial charge on any atom is 0.0107 e. The van der Waals surface area contributed by atoms with Gasteiger partial charge in [-0.2, -0.15) is 0 Å². The predicted molar refractivity (Wildman–Crippen MR) is 67.2 cm³/mol. The first kappa shape index (κ1) is 13.0. The van der Waals surface area contributed by atoms with Gasteiger partial charge in [0.1, 0.15) is 0 Å². The number of nitrogens with zero attached hydrogens (tertiary/aromatic N) is 1. The minimum atomic E-state index is 0.786. The fourth-order valence-corrected chi connectivity index (χ4v) is 2.57. The SMILES string of the molecule is CCN(CC)CCN[C@@H]1CCCC[C@@H]1C.